The molecule has 0 spiro atoms. The molecular formula is C12H17Cl. The molecule has 0 heterocycles. The smallest absolute Gasteiger partial charge is 0.0406 e. The van der Waals surface area contributed by atoms with E-state index in [1.165, 1.54) is 24.8 Å². The molecular weight excluding hydrogens is 180 g/mol. The average Bonchev–Trinajstić information content (AvgIpc) is 2.16. The Bertz CT molecular complexity index is 238. The van der Waals surface area contributed by atoms with Crippen LogP contribution in [0.1, 0.15) is 44.6 Å². The van der Waals surface area contributed by atoms with Gasteiger partial charge in [0.25, 0.3) is 0 Å². The summed E-state index contributed by atoms with van der Waals surface area (Å²) in [4.78, 5) is 0. The Kier molecular flexibility index (Phi) is 4.31. The van der Waals surface area contributed by atoms with Crippen molar-refractivity contribution in [2.45, 2.75) is 39.0 Å². The fourth-order valence-corrected chi connectivity index (χ4v) is 1.82. The van der Waals surface area contributed by atoms with Gasteiger partial charge in [0.2, 0.25) is 0 Å². The SMILES string of the molecule is CCC[C@H](CC)c1ccc(Cl)cc1. The minimum atomic E-state index is 0.710. The van der Waals surface area contributed by atoms with Gasteiger partial charge < -0.3 is 0 Å². The van der Waals surface area contributed by atoms with Crippen LogP contribution in [-0.2, 0) is 0 Å². The van der Waals surface area contributed by atoms with E-state index in [1.807, 2.05) is 12.1 Å². The van der Waals surface area contributed by atoms with E-state index in [1.54, 1.807) is 0 Å². The van der Waals surface area contributed by atoms with Crippen molar-refractivity contribution >= 4 is 11.6 Å². The first kappa shape index (κ1) is 10.6. The molecule has 1 heteroatoms. The van der Waals surface area contributed by atoms with Gasteiger partial charge in [-0.3, -0.25) is 0 Å². The minimum absolute atomic E-state index is 0.710. The van der Waals surface area contributed by atoms with Gasteiger partial charge in [-0.2, -0.15) is 0 Å². The average molecular weight is 197 g/mol. The molecule has 0 aliphatic heterocycles. The summed E-state index contributed by atoms with van der Waals surface area (Å²) in [6.07, 6.45) is 3.74. The van der Waals surface area contributed by atoms with Crippen LogP contribution in [0.4, 0.5) is 0 Å². The van der Waals surface area contributed by atoms with Gasteiger partial charge in [0.05, 0.1) is 0 Å². The molecule has 1 aromatic rings. The first-order valence-electron chi connectivity index (χ1n) is 5.03. The third-order valence-electron chi connectivity index (χ3n) is 2.47. The molecule has 0 nitrogen and oxygen atoms in total. The molecule has 0 saturated carbocycles. The fraction of sp³-hybridized carbons (Fsp3) is 0.500. The summed E-state index contributed by atoms with van der Waals surface area (Å²) in [7, 11) is 0. The third kappa shape index (κ3) is 3.04. The van der Waals surface area contributed by atoms with Gasteiger partial charge in [0, 0.05) is 5.02 Å². The number of halogens is 1. The number of benzene rings is 1. The van der Waals surface area contributed by atoms with Crippen LogP contribution >= 0.6 is 11.6 Å². The van der Waals surface area contributed by atoms with Gasteiger partial charge in [-0.25, -0.2) is 0 Å². The van der Waals surface area contributed by atoms with Gasteiger partial charge in [-0.1, -0.05) is 44.0 Å². The van der Waals surface area contributed by atoms with Crippen LogP contribution in [0, 0.1) is 0 Å². The predicted molar refractivity (Wildman–Crippen MR) is 59.4 cm³/mol. The zero-order valence-corrected chi connectivity index (χ0v) is 9.14. The summed E-state index contributed by atoms with van der Waals surface area (Å²) in [5, 5.41) is 0.829. The van der Waals surface area contributed by atoms with Crippen LogP contribution < -0.4 is 0 Å². The van der Waals surface area contributed by atoms with Crippen LogP contribution in [0.3, 0.4) is 0 Å². The lowest BCUT2D eigenvalue weighted by Gasteiger charge is -2.13. The Morgan fingerprint density at radius 3 is 2.23 bits per heavy atom. The molecule has 0 radical (unpaired) electrons. The quantitative estimate of drug-likeness (QED) is 0.659. The molecule has 72 valence electrons. The van der Waals surface area contributed by atoms with E-state index in [4.69, 9.17) is 11.6 Å². The van der Waals surface area contributed by atoms with E-state index in [0.717, 1.165) is 5.02 Å². The summed E-state index contributed by atoms with van der Waals surface area (Å²) >= 11 is 5.84. The molecule has 0 fully saturated rings. The zero-order chi connectivity index (χ0) is 9.68. The normalized spacial score (nSPS) is 12.8. The molecule has 0 unspecified atom stereocenters. The van der Waals surface area contributed by atoms with Gasteiger partial charge in [0.1, 0.15) is 0 Å². The molecule has 0 amide bonds. The summed E-state index contributed by atoms with van der Waals surface area (Å²) < 4.78 is 0. The van der Waals surface area contributed by atoms with Crippen molar-refractivity contribution in [2.75, 3.05) is 0 Å². The van der Waals surface area contributed by atoms with E-state index in [9.17, 15) is 0 Å². The van der Waals surface area contributed by atoms with Gasteiger partial charge >= 0.3 is 0 Å². The second-order valence-corrected chi connectivity index (χ2v) is 3.88. The Labute approximate surface area is 85.9 Å². The highest BCUT2D eigenvalue weighted by molar-refractivity contribution is 6.30. The topological polar surface area (TPSA) is 0 Å². The van der Waals surface area contributed by atoms with Crippen LogP contribution in [0.25, 0.3) is 0 Å². The molecule has 1 aromatic carbocycles. The Morgan fingerprint density at radius 2 is 1.77 bits per heavy atom. The van der Waals surface area contributed by atoms with E-state index in [0.29, 0.717) is 5.92 Å². The van der Waals surface area contributed by atoms with E-state index < -0.39 is 0 Å². The highest BCUT2D eigenvalue weighted by atomic mass is 35.5. The van der Waals surface area contributed by atoms with E-state index in [-0.39, 0.29) is 0 Å². The molecule has 1 atom stereocenters. The molecule has 1 rings (SSSR count). The highest BCUT2D eigenvalue weighted by Crippen LogP contribution is 2.25. The minimum Gasteiger partial charge on any atom is -0.0843 e. The molecule has 0 bridgehead atoms. The lowest BCUT2D eigenvalue weighted by atomic mass is 9.92. The van der Waals surface area contributed by atoms with Crippen LogP contribution in [0.2, 0.25) is 5.02 Å². The van der Waals surface area contributed by atoms with Crippen LogP contribution in [0.5, 0.6) is 0 Å². The van der Waals surface area contributed by atoms with Gasteiger partial charge in [-0.15, -0.1) is 0 Å². The lowest BCUT2D eigenvalue weighted by molar-refractivity contribution is 0.596. The molecule has 13 heavy (non-hydrogen) atoms. The van der Waals surface area contributed by atoms with Crippen LogP contribution in [-0.4, -0.2) is 0 Å². The predicted octanol–water partition coefficient (Wildman–Crippen LogP) is 4.63. The molecule has 0 aromatic heterocycles. The largest absolute Gasteiger partial charge is 0.0843 e. The van der Waals surface area contributed by atoms with Crippen molar-refractivity contribution in [1.82, 2.24) is 0 Å². The van der Waals surface area contributed by atoms with Crippen molar-refractivity contribution in [3.63, 3.8) is 0 Å². The van der Waals surface area contributed by atoms with Crippen LogP contribution in [0.15, 0.2) is 24.3 Å². The molecule has 0 aliphatic carbocycles. The Hall–Kier alpha value is -0.490. The number of hydrogen-bond acceptors (Lipinski definition) is 0. The van der Waals surface area contributed by atoms with Gasteiger partial charge in [0.15, 0.2) is 0 Å². The first-order valence-corrected chi connectivity index (χ1v) is 5.41. The maximum atomic E-state index is 5.84. The fourth-order valence-electron chi connectivity index (χ4n) is 1.69. The molecule has 0 N–H and O–H groups in total. The Morgan fingerprint density at radius 1 is 1.15 bits per heavy atom. The molecule has 0 aliphatic rings. The monoisotopic (exact) mass is 196 g/mol. The van der Waals surface area contributed by atoms with Crippen molar-refractivity contribution in [3.8, 4) is 0 Å². The van der Waals surface area contributed by atoms with Crippen molar-refractivity contribution in [2.24, 2.45) is 0 Å². The van der Waals surface area contributed by atoms with Crippen molar-refractivity contribution in [3.05, 3.63) is 34.9 Å². The Balaban J connectivity index is 2.73. The summed E-state index contributed by atoms with van der Waals surface area (Å²) in [6, 6.07) is 8.25. The van der Waals surface area contributed by atoms with Crippen molar-refractivity contribution in [1.29, 1.82) is 0 Å². The number of rotatable bonds is 4. The summed E-state index contributed by atoms with van der Waals surface area (Å²) in [5.74, 6) is 0.710. The second kappa shape index (κ2) is 5.29. The summed E-state index contributed by atoms with van der Waals surface area (Å²) in [5.41, 5.74) is 1.42. The maximum absolute atomic E-state index is 5.84. The standard InChI is InChI=1S/C12H17Cl/c1-3-5-10(4-2)11-6-8-12(13)9-7-11/h6-10H,3-5H2,1-2H3/t10-/m0/s1. The maximum Gasteiger partial charge on any atom is 0.0406 e. The number of hydrogen-bond donors (Lipinski definition) is 0. The summed E-state index contributed by atoms with van der Waals surface area (Å²) in [6.45, 7) is 4.48. The second-order valence-electron chi connectivity index (χ2n) is 3.45. The van der Waals surface area contributed by atoms with Crippen molar-refractivity contribution < 1.29 is 0 Å². The lowest BCUT2D eigenvalue weighted by Crippen LogP contribution is -1.95. The van der Waals surface area contributed by atoms with E-state index >= 15 is 0 Å². The zero-order valence-electron chi connectivity index (χ0n) is 8.39. The van der Waals surface area contributed by atoms with Gasteiger partial charge in [-0.05, 0) is 36.5 Å². The third-order valence-corrected chi connectivity index (χ3v) is 2.72. The highest BCUT2D eigenvalue weighted by Gasteiger charge is 2.06. The van der Waals surface area contributed by atoms with E-state index in [2.05, 4.69) is 26.0 Å². The first-order chi connectivity index (χ1) is 6.27. The molecule has 0 saturated heterocycles.